The van der Waals surface area contributed by atoms with E-state index < -0.39 is 5.92 Å². The first-order valence-corrected chi connectivity index (χ1v) is 12.6. The molecule has 0 radical (unpaired) electrons. The molecule has 1 saturated heterocycles. The van der Waals surface area contributed by atoms with Gasteiger partial charge in [-0.1, -0.05) is 42.5 Å². The topological polar surface area (TPSA) is 134 Å². The zero-order valence-electron chi connectivity index (χ0n) is 21.1. The third-order valence-corrected chi connectivity index (χ3v) is 6.72. The van der Waals surface area contributed by atoms with Gasteiger partial charge in [0.2, 0.25) is 17.7 Å². The Balaban J connectivity index is 1.25. The summed E-state index contributed by atoms with van der Waals surface area (Å²) in [5.74, 6) is -1.37. The van der Waals surface area contributed by atoms with Crippen LogP contribution in [0, 0.1) is 11.7 Å². The summed E-state index contributed by atoms with van der Waals surface area (Å²) in [5.41, 5.74) is 1.88. The second-order valence-corrected chi connectivity index (χ2v) is 9.51. The van der Waals surface area contributed by atoms with Crippen molar-refractivity contribution in [2.24, 2.45) is 5.92 Å². The minimum Gasteiger partial charge on any atom is -0.504 e. The van der Waals surface area contributed by atoms with Crippen LogP contribution >= 0.6 is 0 Å². The molecule has 2 amide bonds. The summed E-state index contributed by atoms with van der Waals surface area (Å²) in [4.78, 5) is 36.3. The van der Waals surface area contributed by atoms with Gasteiger partial charge in [-0.15, -0.1) is 10.2 Å². The predicted molar refractivity (Wildman–Crippen MR) is 142 cm³/mol. The molecule has 0 aliphatic carbocycles. The number of likely N-dealkylation sites (tertiary alicyclic amines) is 1. The number of hydrogen-bond donors (Lipinski definition) is 2. The molecule has 0 bridgehead atoms. The summed E-state index contributed by atoms with van der Waals surface area (Å²) in [5, 5.41) is 22.2. The van der Waals surface area contributed by atoms with Gasteiger partial charge in [0.15, 0.2) is 11.4 Å². The van der Waals surface area contributed by atoms with Gasteiger partial charge in [0, 0.05) is 31.1 Å². The number of hydrogen-bond acceptors (Lipinski definition) is 8. The van der Waals surface area contributed by atoms with Gasteiger partial charge >= 0.3 is 0 Å². The Morgan fingerprint density at radius 3 is 2.65 bits per heavy atom. The fourth-order valence-corrected chi connectivity index (χ4v) is 4.69. The van der Waals surface area contributed by atoms with E-state index in [2.05, 4.69) is 25.5 Å². The zero-order chi connectivity index (χ0) is 27.6. The van der Waals surface area contributed by atoms with E-state index in [9.17, 15) is 19.1 Å². The number of nitrogens with one attached hydrogen (secondary N) is 1. The van der Waals surface area contributed by atoms with Crippen LogP contribution in [-0.4, -0.2) is 48.5 Å². The lowest BCUT2D eigenvalue weighted by atomic mass is 10.1. The molecule has 2 aromatic carbocycles. The van der Waals surface area contributed by atoms with Gasteiger partial charge in [-0.2, -0.15) is 0 Å². The van der Waals surface area contributed by atoms with Gasteiger partial charge in [-0.25, -0.2) is 9.37 Å². The molecule has 2 N–H and O–H groups in total. The molecule has 200 valence electrons. The quantitative estimate of drug-likeness (QED) is 0.316. The maximum absolute atomic E-state index is 13.3. The van der Waals surface area contributed by atoms with E-state index in [0.717, 1.165) is 11.1 Å². The molecule has 3 aromatic heterocycles. The van der Waals surface area contributed by atoms with Crippen LogP contribution in [0.3, 0.4) is 0 Å². The fourth-order valence-electron chi connectivity index (χ4n) is 4.69. The van der Waals surface area contributed by atoms with Crippen LogP contribution in [0.4, 0.5) is 10.2 Å². The van der Waals surface area contributed by atoms with Crippen LogP contribution in [0.5, 0.6) is 5.75 Å². The number of pyridine rings is 2. The molecule has 1 atom stereocenters. The molecule has 1 aliphatic heterocycles. The Kier molecular flexibility index (Phi) is 6.61. The van der Waals surface area contributed by atoms with Crippen molar-refractivity contribution >= 4 is 28.5 Å². The van der Waals surface area contributed by atoms with Crippen LogP contribution in [0.2, 0.25) is 0 Å². The van der Waals surface area contributed by atoms with Gasteiger partial charge < -0.3 is 19.7 Å². The van der Waals surface area contributed by atoms with Gasteiger partial charge in [0.05, 0.1) is 12.3 Å². The Morgan fingerprint density at radius 2 is 1.85 bits per heavy atom. The van der Waals surface area contributed by atoms with E-state index >= 15 is 0 Å². The van der Waals surface area contributed by atoms with Crippen molar-refractivity contribution in [2.75, 3.05) is 11.9 Å². The Hall–Kier alpha value is -5.19. The standard InChI is InChI=1S/C29H23FN6O4/c30-20-10-8-17(9-11-20)13-22-34-35-29(40-22)25-26(38)24-21(7-4-12-31-24)27(32-25)33-28(39)19-14-23(37)36(16-19)15-18-5-2-1-3-6-18/h1-12,19,38H,13-16H2,(H,32,33,39). The van der Waals surface area contributed by atoms with E-state index in [1.54, 1.807) is 29.2 Å². The minimum absolute atomic E-state index is 0.0486. The molecular formula is C29H23FN6O4. The maximum atomic E-state index is 13.3. The van der Waals surface area contributed by atoms with Crippen molar-refractivity contribution in [1.29, 1.82) is 0 Å². The fraction of sp³-hybridized carbons (Fsp3) is 0.172. The second kappa shape index (κ2) is 10.5. The lowest BCUT2D eigenvalue weighted by Crippen LogP contribution is -2.28. The van der Waals surface area contributed by atoms with Gasteiger partial charge in [0.25, 0.3) is 5.89 Å². The zero-order valence-corrected chi connectivity index (χ0v) is 21.1. The van der Waals surface area contributed by atoms with E-state index in [4.69, 9.17) is 4.42 Å². The van der Waals surface area contributed by atoms with Gasteiger partial charge in [-0.3, -0.25) is 14.6 Å². The highest BCUT2D eigenvalue weighted by Gasteiger charge is 2.35. The highest BCUT2D eigenvalue weighted by Crippen LogP contribution is 2.36. The average Bonchev–Trinajstić information content (AvgIpc) is 3.58. The Bertz CT molecular complexity index is 1710. The molecule has 1 fully saturated rings. The number of rotatable bonds is 7. The lowest BCUT2D eigenvalue weighted by Gasteiger charge is -2.17. The van der Waals surface area contributed by atoms with E-state index in [1.807, 2.05) is 30.3 Å². The summed E-state index contributed by atoms with van der Waals surface area (Å²) in [6.45, 7) is 0.701. The summed E-state index contributed by atoms with van der Waals surface area (Å²) < 4.78 is 19.0. The van der Waals surface area contributed by atoms with Crippen LogP contribution in [0.1, 0.15) is 23.4 Å². The summed E-state index contributed by atoms with van der Waals surface area (Å²) in [6.07, 6.45) is 1.83. The SMILES string of the molecule is O=C(Nc1nc(-c2nnc(Cc3ccc(F)cc3)o2)c(O)c2ncccc12)C1CC(=O)N(Cc2ccccc2)C1. The van der Waals surface area contributed by atoms with Crippen LogP contribution in [0.25, 0.3) is 22.5 Å². The highest BCUT2D eigenvalue weighted by molar-refractivity contribution is 6.04. The third kappa shape index (κ3) is 5.08. The molecule has 5 aromatic rings. The number of fused-ring (bicyclic) bond motifs is 1. The number of aromatic hydroxyl groups is 1. The summed E-state index contributed by atoms with van der Waals surface area (Å²) in [7, 11) is 0. The van der Waals surface area contributed by atoms with Gasteiger partial charge in [0.1, 0.15) is 17.2 Å². The molecule has 0 saturated carbocycles. The van der Waals surface area contributed by atoms with Gasteiger partial charge in [-0.05, 0) is 35.4 Å². The van der Waals surface area contributed by atoms with E-state index in [0.29, 0.717) is 11.9 Å². The predicted octanol–water partition coefficient (Wildman–Crippen LogP) is 4.10. The molecule has 1 aliphatic rings. The number of amides is 2. The van der Waals surface area contributed by atoms with Crippen LogP contribution in [-0.2, 0) is 22.6 Å². The molecule has 11 heteroatoms. The number of benzene rings is 2. The molecule has 0 spiro atoms. The second-order valence-electron chi connectivity index (χ2n) is 9.51. The molecule has 10 nitrogen and oxygen atoms in total. The highest BCUT2D eigenvalue weighted by atomic mass is 19.1. The first-order valence-electron chi connectivity index (χ1n) is 12.6. The summed E-state index contributed by atoms with van der Waals surface area (Å²) in [6, 6.07) is 18.8. The van der Waals surface area contributed by atoms with Crippen molar-refractivity contribution in [1.82, 2.24) is 25.1 Å². The van der Waals surface area contributed by atoms with Crippen molar-refractivity contribution in [3.05, 3.63) is 95.8 Å². The van der Waals surface area contributed by atoms with Crippen LogP contribution in [0.15, 0.2) is 77.3 Å². The third-order valence-electron chi connectivity index (χ3n) is 6.72. The maximum Gasteiger partial charge on any atom is 0.270 e. The number of nitrogens with zero attached hydrogens (tertiary/aromatic N) is 5. The Labute approximate surface area is 227 Å². The lowest BCUT2D eigenvalue weighted by molar-refractivity contribution is -0.128. The molecule has 1 unspecified atom stereocenters. The average molecular weight is 539 g/mol. The number of aromatic nitrogens is 4. The normalized spacial score (nSPS) is 15.1. The minimum atomic E-state index is -0.576. The first kappa shape index (κ1) is 25.1. The van der Waals surface area contributed by atoms with Crippen molar-refractivity contribution in [3.63, 3.8) is 0 Å². The number of carbonyl (C=O) groups excluding carboxylic acids is 2. The molecular weight excluding hydrogens is 515 g/mol. The molecule has 4 heterocycles. The number of anilines is 1. The van der Waals surface area contributed by atoms with E-state index in [1.165, 1.54) is 18.3 Å². The smallest absolute Gasteiger partial charge is 0.270 e. The number of halogens is 1. The van der Waals surface area contributed by atoms with Crippen LogP contribution < -0.4 is 5.32 Å². The first-order chi connectivity index (χ1) is 19.4. The summed E-state index contributed by atoms with van der Waals surface area (Å²) >= 11 is 0. The number of carbonyl (C=O) groups is 2. The van der Waals surface area contributed by atoms with Crippen molar-refractivity contribution in [2.45, 2.75) is 19.4 Å². The van der Waals surface area contributed by atoms with Crippen molar-refractivity contribution in [3.8, 4) is 17.3 Å². The van der Waals surface area contributed by atoms with E-state index in [-0.39, 0.29) is 71.6 Å². The monoisotopic (exact) mass is 538 g/mol. The molecule has 40 heavy (non-hydrogen) atoms. The largest absolute Gasteiger partial charge is 0.504 e. The Morgan fingerprint density at radius 1 is 1.05 bits per heavy atom. The van der Waals surface area contributed by atoms with Crippen molar-refractivity contribution < 1.29 is 23.5 Å². The molecule has 6 rings (SSSR count).